The molecule has 3 N–H and O–H groups in total. The number of aryl methyl sites for hydroxylation is 1. The summed E-state index contributed by atoms with van der Waals surface area (Å²) < 4.78 is 53.7. The van der Waals surface area contributed by atoms with Gasteiger partial charge >= 0.3 is 0 Å². The summed E-state index contributed by atoms with van der Waals surface area (Å²) in [6, 6.07) is 6.16. The van der Waals surface area contributed by atoms with E-state index in [-0.39, 0.29) is 27.4 Å². The number of hydrogen-bond acceptors (Lipinski definition) is 3. The Hall–Kier alpha value is -2.15. The third-order valence-electron chi connectivity index (χ3n) is 3.10. The summed E-state index contributed by atoms with van der Waals surface area (Å²) in [4.78, 5) is -0.148. The molecule has 0 spiro atoms. The fourth-order valence-electron chi connectivity index (χ4n) is 1.88. The number of sulfonamides is 1. The number of benzene rings is 2. The number of nitrogen functional groups attached to an aromatic ring is 1. The zero-order valence-corrected chi connectivity index (χ0v) is 12.3. The van der Waals surface area contributed by atoms with Crippen molar-refractivity contribution in [2.24, 2.45) is 0 Å². The average molecular weight is 312 g/mol. The van der Waals surface area contributed by atoms with Crippen molar-refractivity contribution in [2.75, 3.05) is 10.5 Å². The van der Waals surface area contributed by atoms with Gasteiger partial charge in [-0.1, -0.05) is 6.07 Å². The first-order valence-corrected chi connectivity index (χ1v) is 7.54. The standard InChI is InChI=1S/C14H14F2N2O2S/c1-8-6-11(16)12(17)7-14(8)21(19,20)18-13-5-3-4-10(15)9(13)2/h3-7,18H,17H2,1-2H3. The van der Waals surface area contributed by atoms with Crippen LogP contribution in [0.3, 0.4) is 0 Å². The van der Waals surface area contributed by atoms with Crippen LogP contribution in [0.25, 0.3) is 0 Å². The molecule has 0 heterocycles. The minimum absolute atomic E-state index is 0.122. The van der Waals surface area contributed by atoms with E-state index in [9.17, 15) is 17.2 Å². The molecule has 0 saturated heterocycles. The van der Waals surface area contributed by atoms with Crippen LogP contribution < -0.4 is 10.5 Å². The van der Waals surface area contributed by atoms with Gasteiger partial charge in [0.05, 0.1) is 16.3 Å². The average Bonchev–Trinajstić information content (AvgIpc) is 2.39. The number of hydrogen-bond donors (Lipinski definition) is 2. The quantitative estimate of drug-likeness (QED) is 0.856. The van der Waals surface area contributed by atoms with Crippen molar-refractivity contribution >= 4 is 21.4 Å². The van der Waals surface area contributed by atoms with Crippen LogP contribution in [-0.4, -0.2) is 8.42 Å². The molecule has 2 aromatic carbocycles. The first-order chi connectivity index (χ1) is 9.72. The molecule has 7 heteroatoms. The molecule has 0 fully saturated rings. The van der Waals surface area contributed by atoms with E-state index in [1.54, 1.807) is 0 Å². The Morgan fingerprint density at radius 3 is 2.43 bits per heavy atom. The van der Waals surface area contributed by atoms with E-state index in [1.807, 2.05) is 0 Å². The maximum atomic E-state index is 13.4. The molecule has 4 nitrogen and oxygen atoms in total. The lowest BCUT2D eigenvalue weighted by Crippen LogP contribution is -2.16. The van der Waals surface area contributed by atoms with Crippen molar-refractivity contribution in [2.45, 2.75) is 18.7 Å². The summed E-state index contributed by atoms with van der Waals surface area (Å²) in [5.74, 6) is -1.21. The van der Waals surface area contributed by atoms with Crippen LogP contribution in [0.15, 0.2) is 35.2 Å². The molecule has 0 aliphatic rings. The van der Waals surface area contributed by atoms with E-state index in [1.165, 1.54) is 32.0 Å². The molecular formula is C14H14F2N2O2S. The molecule has 0 aromatic heterocycles. The van der Waals surface area contributed by atoms with E-state index in [4.69, 9.17) is 5.73 Å². The molecule has 0 radical (unpaired) electrons. The summed E-state index contributed by atoms with van der Waals surface area (Å²) in [5.41, 5.74) is 5.65. The molecule has 0 unspecified atom stereocenters. The van der Waals surface area contributed by atoms with Gasteiger partial charge in [-0.25, -0.2) is 17.2 Å². The second-order valence-corrected chi connectivity index (χ2v) is 6.31. The Balaban J connectivity index is 2.48. The summed E-state index contributed by atoms with van der Waals surface area (Å²) in [7, 11) is -3.99. The highest BCUT2D eigenvalue weighted by molar-refractivity contribution is 7.92. The van der Waals surface area contributed by atoms with E-state index in [0.717, 1.165) is 12.1 Å². The van der Waals surface area contributed by atoms with Crippen LogP contribution >= 0.6 is 0 Å². The van der Waals surface area contributed by atoms with Gasteiger partial charge in [-0.3, -0.25) is 4.72 Å². The van der Waals surface area contributed by atoms with E-state index < -0.39 is 21.7 Å². The van der Waals surface area contributed by atoms with Gasteiger partial charge in [0.15, 0.2) is 0 Å². The lowest BCUT2D eigenvalue weighted by molar-refractivity contribution is 0.598. The Bertz CT molecular complexity index is 805. The maximum absolute atomic E-state index is 13.4. The number of nitrogens with one attached hydrogen (secondary N) is 1. The highest BCUT2D eigenvalue weighted by Crippen LogP contribution is 2.25. The lowest BCUT2D eigenvalue weighted by atomic mass is 10.2. The molecule has 0 aliphatic carbocycles. The van der Waals surface area contributed by atoms with Crippen LogP contribution in [0, 0.1) is 25.5 Å². The monoisotopic (exact) mass is 312 g/mol. The van der Waals surface area contributed by atoms with Crippen LogP contribution in [0.2, 0.25) is 0 Å². The first-order valence-electron chi connectivity index (χ1n) is 6.06. The Kier molecular flexibility index (Phi) is 3.87. The predicted octanol–water partition coefficient (Wildman–Crippen LogP) is 2.96. The lowest BCUT2D eigenvalue weighted by Gasteiger charge is -2.13. The fraction of sp³-hybridized carbons (Fsp3) is 0.143. The van der Waals surface area contributed by atoms with Gasteiger partial charge in [-0.2, -0.15) is 0 Å². The SMILES string of the molecule is Cc1cc(F)c(N)cc1S(=O)(=O)Nc1cccc(F)c1C. The van der Waals surface area contributed by atoms with E-state index in [0.29, 0.717) is 0 Å². The van der Waals surface area contributed by atoms with Crippen molar-refractivity contribution in [1.29, 1.82) is 0 Å². The van der Waals surface area contributed by atoms with Gasteiger partial charge in [0.1, 0.15) is 11.6 Å². The molecule has 2 aromatic rings. The molecule has 0 aliphatic heterocycles. The van der Waals surface area contributed by atoms with Crippen molar-refractivity contribution in [3.8, 4) is 0 Å². The number of nitrogens with two attached hydrogens (primary N) is 1. The molecule has 0 atom stereocenters. The van der Waals surface area contributed by atoms with E-state index in [2.05, 4.69) is 4.72 Å². The van der Waals surface area contributed by atoms with Crippen LogP contribution in [0.5, 0.6) is 0 Å². The minimum Gasteiger partial charge on any atom is -0.396 e. The second-order valence-electron chi connectivity index (χ2n) is 4.66. The molecule has 0 bridgehead atoms. The normalized spacial score (nSPS) is 11.4. The van der Waals surface area contributed by atoms with Gasteiger partial charge in [0.25, 0.3) is 10.0 Å². The zero-order valence-electron chi connectivity index (χ0n) is 11.4. The van der Waals surface area contributed by atoms with Gasteiger partial charge in [-0.15, -0.1) is 0 Å². The first kappa shape index (κ1) is 15.2. The van der Waals surface area contributed by atoms with Crippen LogP contribution in [-0.2, 0) is 10.0 Å². The summed E-state index contributed by atoms with van der Waals surface area (Å²) in [6.07, 6.45) is 0. The third-order valence-corrected chi connectivity index (χ3v) is 4.60. The maximum Gasteiger partial charge on any atom is 0.262 e. The molecule has 112 valence electrons. The smallest absolute Gasteiger partial charge is 0.262 e. The van der Waals surface area contributed by atoms with Gasteiger partial charge in [0.2, 0.25) is 0 Å². The number of halogens is 2. The summed E-state index contributed by atoms with van der Waals surface area (Å²) in [5, 5.41) is 0. The van der Waals surface area contributed by atoms with Gasteiger partial charge in [0, 0.05) is 5.56 Å². The molecular weight excluding hydrogens is 298 g/mol. The third kappa shape index (κ3) is 2.97. The Morgan fingerprint density at radius 2 is 1.76 bits per heavy atom. The number of anilines is 2. The zero-order chi connectivity index (χ0) is 15.8. The summed E-state index contributed by atoms with van der Waals surface area (Å²) in [6.45, 7) is 2.91. The highest BCUT2D eigenvalue weighted by atomic mass is 32.2. The molecule has 21 heavy (non-hydrogen) atoms. The number of rotatable bonds is 3. The van der Waals surface area contributed by atoms with Gasteiger partial charge in [-0.05, 0) is 43.7 Å². The molecule has 0 saturated carbocycles. The van der Waals surface area contributed by atoms with E-state index >= 15 is 0 Å². The van der Waals surface area contributed by atoms with Crippen LogP contribution in [0.1, 0.15) is 11.1 Å². The molecule has 2 rings (SSSR count). The summed E-state index contributed by atoms with van der Waals surface area (Å²) >= 11 is 0. The van der Waals surface area contributed by atoms with Crippen molar-refractivity contribution < 1.29 is 17.2 Å². The predicted molar refractivity (Wildman–Crippen MR) is 77.5 cm³/mol. The minimum atomic E-state index is -3.99. The Morgan fingerprint density at radius 1 is 1.10 bits per heavy atom. The van der Waals surface area contributed by atoms with Crippen molar-refractivity contribution in [3.05, 3.63) is 53.1 Å². The van der Waals surface area contributed by atoms with Gasteiger partial charge < -0.3 is 5.73 Å². The molecule has 0 amide bonds. The van der Waals surface area contributed by atoms with Crippen molar-refractivity contribution in [3.63, 3.8) is 0 Å². The van der Waals surface area contributed by atoms with Crippen molar-refractivity contribution in [1.82, 2.24) is 0 Å². The highest BCUT2D eigenvalue weighted by Gasteiger charge is 2.20. The largest absolute Gasteiger partial charge is 0.396 e. The fourth-order valence-corrected chi connectivity index (χ4v) is 3.26. The van der Waals surface area contributed by atoms with Crippen LogP contribution in [0.4, 0.5) is 20.2 Å². The Labute approximate surface area is 121 Å². The topological polar surface area (TPSA) is 72.2 Å². The second kappa shape index (κ2) is 5.33.